The molecular formula is C14H19N3. The van der Waals surface area contributed by atoms with Crippen LogP contribution in [0.5, 0.6) is 0 Å². The zero-order valence-corrected chi connectivity index (χ0v) is 10.5. The molecule has 1 saturated heterocycles. The predicted molar refractivity (Wildman–Crippen MR) is 70.1 cm³/mol. The van der Waals surface area contributed by atoms with Gasteiger partial charge < -0.3 is 4.90 Å². The molecule has 17 heavy (non-hydrogen) atoms. The fourth-order valence-corrected chi connectivity index (χ4v) is 2.40. The average molecular weight is 229 g/mol. The standard InChI is InChI=1S/C14H19N3/c1-11-3-4-12(2)14(9-11)17-8-5-13(10-17)16-7-6-15/h3-4,9,13,16H,5,7-8,10H2,1-2H3. The number of nitrogens with zero attached hydrogens (tertiary/aromatic N) is 2. The molecule has 2 rings (SSSR count). The van der Waals surface area contributed by atoms with Crippen molar-refractivity contribution >= 4 is 5.69 Å². The first kappa shape index (κ1) is 11.9. The maximum atomic E-state index is 8.56. The molecule has 1 aliphatic heterocycles. The van der Waals surface area contributed by atoms with Crippen molar-refractivity contribution in [1.29, 1.82) is 5.26 Å². The topological polar surface area (TPSA) is 39.1 Å². The van der Waals surface area contributed by atoms with Gasteiger partial charge in [-0.3, -0.25) is 5.32 Å². The Morgan fingerprint density at radius 3 is 3.06 bits per heavy atom. The maximum absolute atomic E-state index is 8.56. The number of aryl methyl sites for hydroxylation is 2. The second-order valence-corrected chi connectivity index (χ2v) is 4.76. The zero-order valence-electron chi connectivity index (χ0n) is 10.5. The molecule has 0 bridgehead atoms. The summed E-state index contributed by atoms with van der Waals surface area (Å²) in [5.41, 5.74) is 3.97. The van der Waals surface area contributed by atoms with E-state index in [-0.39, 0.29) is 0 Å². The SMILES string of the molecule is Cc1ccc(C)c(N2CCC(NCC#N)C2)c1. The van der Waals surface area contributed by atoms with Crippen LogP contribution in [-0.4, -0.2) is 25.7 Å². The predicted octanol–water partition coefficient (Wildman–Crippen LogP) is 2.00. The van der Waals surface area contributed by atoms with E-state index in [4.69, 9.17) is 5.26 Å². The Bertz CT molecular complexity index is 434. The summed E-state index contributed by atoms with van der Waals surface area (Å²) >= 11 is 0. The number of anilines is 1. The highest BCUT2D eigenvalue weighted by Crippen LogP contribution is 2.25. The van der Waals surface area contributed by atoms with Crippen LogP contribution in [0.15, 0.2) is 18.2 Å². The zero-order chi connectivity index (χ0) is 12.3. The molecule has 90 valence electrons. The number of hydrogen-bond donors (Lipinski definition) is 1. The largest absolute Gasteiger partial charge is 0.370 e. The molecule has 1 unspecified atom stereocenters. The second-order valence-electron chi connectivity index (χ2n) is 4.76. The van der Waals surface area contributed by atoms with Crippen molar-refractivity contribution < 1.29 is 0 Å². The number of hydrogen-bond acceptors (Lipinski definition) is 3. The summed E-state index contributed by atoms with van der Waals surface area (Å²) in [6.07, 6.45) is 1.12. The molecule has 0 aliphatic carbocycles. The minimum absolute atomic E-state index is 0.450. The molecule has 0 amide bonds. The Balaban J connectivity index is 2.05. The summed E-state index contributed by atoms with van der Waals surface area (Å²) in [4.78, 5) is 2.41. The van der Waals surface area contributed by atoms with E-state index in [0.29, 0.717) is 12.6 Å². The molecule has 1 N–H and O–H groups in total. The highest BCUT2D eigenvalue weighted by atomic mass is 15.2. The van der Waals surface area contributed by atoms with Gasteiger partial charge in [-0.2, -0.15) is 5.26 Å². The Hall–Kier alpha value is -1.53. The first-order valence-electron chi connectivity index (χ1n) is 6.13. The lowest BCUT2D eigenvalue weighted by molar-refractivity contribution is 0.591. The molecule has 1 aromatic carbocycles. The molecule has 1 fully saturated rings. The van der Waals surface area contributed by atoms with Crippen molar-refractivity contribution in [3.05, 3.63) is 29.3 Å². The van der Waals surface area contributed by atoms with E-state index in [1.165, 1.54) is 16.8 Å². The maximum Gasteiger partial charge on any atom is 0.0843 e. The van der Waals surface area contributed by atoms with E-state index in [9.17, 15) is 0 Å². The molecule has 3 nitrogen and oxygen atoms in total. The molecule has 0 aromatic heterocycles. The van der Waals surface area contributed by atoms with Crippen molar-refractivity contribution in [1.82, 2.24) is 5.32 Å². The number of nitriles is 1. The average Bonchev–Trinajstić information content (AvgIpc) is 2.78. The molecule has 0 spiro atoms. The molecule has 1 heterocycles. The molecule has 1 aliphatic rings. The van der Waals surface area contributed by atoms with Gasteiger partial charge in [-0.05, 0) is 37.5 Å². The molecule has 0 radical (unpaired) electrons. The smallest absolute Gasteiger partial charge is 0.0843 e. The number of rotatable bonds is 3. The van der Waals surface area contributed by atoms with Gasteiger partial charge in [-0.1, -0.05) is 12.1 Å². The molecule has 3 heteroatoms. The summed E-state index contributed by atoms with van der Waals surface area (Å²) in [6, 6.07) is 9.18. The molecule has 1 atom stereocenters. The van der Waals surface area contributed by atoms with Crippen LogP contribution < -0.4 is 10.2 Å². The van der Waals surface area contributed by atoms with Crippen LogP contribution in [0.25, 0.3) is 0 Å². The van der Waals surface area contributed by atoms with Crippen LogP contribution in [0.1, 0.15) is 17.5 Å². The van der Waals surface area contributed by atoms with E-state index in [1.807, 2.05) is 0 Å². The van der Waals surface area contributed by atoms with E-state index in [2.05, 4.69) is 48.3 Å². The molecule has 1 aromatic rings. The monoisotopic (exact) mass is 229 g/mol. The van der Waals surface area contributed by atoms with Gasteiger partial charge in [-0.15, -0.1) is 0 Å². The van der Waals surface area contributed by atoms with Crippen LogP contribution >= 0.6 is 0 Å². The summed E-state index contributed by atoms with van der Waals surface area (Å²) in [5, 5.41) is 11.8. The van der Waals surface area contributed by atoms with Crippen molar-refractivity contribution in [2.24, 2.45) is 0 Å². The van der Waals surface area contributed by atoms with E-state index in [1.54, 1.807) is 0 Å². The van der Waals surface area contributed by atoms with Crippen LogP contribution in [0.2, 0.25) is 0 Å². The van der Waals surface area contributed by atoms with Gasteiger partial charge in [0.05, 0.1) is 12.6 Å². The first-order chi connectivity index (χ1) is 8.20. The van der Waals surface area contributed by atoms with Gasteiger partial charge in [0.1, 0.15) is 0 Å². The summed E-state index contributed by atoms with van der Waals surface area (Å²) in [6.45, 7) is 6.82. The van der Waals surface area contributed by atoms with Crippen LogP contribution in [0.4, 0.5) is 5.69 Å². The van der Waals surface area contributed by atoms with Gasteiger partial charge in [-0.25, -0.2) is 0 Å². The first-order valence-corrected chi connectivity index (χ1v) is 6.13. The fourth-order valence-electron chi connectivity index (χ4n) is 2.40. The fraction of sp³-hybridized carbons (Fsp3) is 0.500. The van der Waals surface area contributed by atoms with E-state index in [0.717, 1.165) is 19.5 Å². The van der Waals surface area contributed by atoms with Crippen molar-refractivity contribution in [3.63, 3.8) is 0 Å². The Morgan fingerprint density at radius 2 is 2.29 bits per heavy atom. The lowest BCUT2D eigenvalue weighted by Gasteiger charge is -2.21. The quantitative estimate of drug-likeness (QED) is 0.806. The minimum Gasteiger partial charge on any atom is -0.370 e. The van der Waals surface area contributed by atoms with Gasteiger partial charge in [0.15, 0.2) is 0 Å². The van der Waals surface area contributed by atoms with Gasteiger partial charge in [0.25, 0.3) is 0 Å². The Kier molecular flexibility index (Phi) is 3.65. The normalized spacial score (nSPS) is 19.4. The third-order valence-corrected chi connectivity index (χ3v) is 3.36. The van der Waals surface area contributed by atoms with Crippen LogP contribution in [0.3, 0.4) is 0 Å². The highest BCUT2D eigenvalue weighted by Gasteiger charge is 2.22. The minimum atomic E-state index is 0.450. The number of benzene rings is 1. The highest BCUT2D eigenvalue weighted by molar-refractivity contribution is 5.55. The van der Waals surface area contributed by atoms with Gasteiger partial charge in [0, 0.05) is 24.8 Å². The van der Waals surface area contributed by atoms with Crippen molar-refractivity contribution in [2.45, 2.75) is 26.3 Å². The van der Waals surface area contributed by atoms with Crippen LogP contribution in [0, 0.1) is 25.2 Å². The number of nitrogens with one attached hydrogen (secondary N) is 1. The summed E-state index contributed by atoms with van der Waals surface area (Å²) < 4.78 is 0. The molecular weight excluding hydrogens is 210 g/mol. The van der Waals surface area contributed by atoms with E-state index >= 15 is 0 Å². The second kappa shape index (κ2) is 5.20. The van der Waals surface area contributed by atoms with Crippen molar-refractivity contribution in [2.75, 3.05) is 24.5 Å². The third kappa shape index (κ3) is 2.78. The lowest BCUT2D eigenvalue weighted by atomic mass is 10.1. The lowest BCUT2D eigenvalue weighted by Crippen LogP contribution is -2.32. The summed E-state index contributed by atoms with van der Waals surface area (Å²) in [5.74, 6) is 0. The van der Waals surface area contributed by atoms with Crippen molar-refractivity contribution in [3.8, 4) is 6.07 Å². The Labute approximate surface area is 103 Å². The van der Waals surface area contributed by atoms with Crippen LogP contribution in [-0.2, 0) is 0 Å². The third-order valence-electron chi connectivity index (χ3n) is 3.36. The van der Waals surface area contributed by atoms with Gasteiger partial charge in [0.2, 0.25) is 0 Å². The van der Waals surface area contributed by atoms with Gasteiger partial charge >= 0.3 is 0 Å². The molecule has 0 saturated carbocycles. The summed E-state index contributed by atoms with van der Waals surface area (Å²) in [7, 11) is 0. The Morgan fingerprint density at radius 1 is 1.47 bits per heavy atom. The van der Waals surface area contributed by atoms with E-state index < -0.39 is 0 Å².